The molecule has 1 atom stereocenters. The molecule has 4 nitrogen and oxygen atoms in total. The van der Waals surface area contributed by atoms with E-state index in [1.54, 1.807) is 6.07 Å². The summed E-state index contributed by atoms with van der Waals surface area (Å²) < 4.78 is 0. The Morgan fingerprint density at radius 1 is 1.47 bits per heavy atom. The molecule has 3 N–H and O–H groups in total. The molecular formula is C11H19N3O. The Balaban J connectivity index is 2.92. The van der Waals surface area contributed by atoms with E-state index in [1.165, 1.54) is 0 Å². The number of hydrogen-bond donors (Lipinski definition) is 2. The van der Waals surface area contributed by atoms with Crippen molar-refractivity contribution in [1.29, 1.82) is 0 Å². The molecule has 0 fully saturated rings. The molecule has 0 radical (unpaired) electrons. The van der Waals surface area contributed by atoms with E-state index >= 15 is 0 Å². The van der Waals surface area contributed by atoms with Crippen molar-refractivity contribution in [2.75, 3.05) is 0 Å². The van der Waals surface area contributed by atoms with Gasteiger partial charge in [0, 0.05) is 11.8 Å². The number of aryl methyl sites for hydroxylation is 1. The third kappa shape index (κ3) is 3.47. The van der Waals surface area contributed by atoms with Gasteiger partial charge in [-0.15, -0.1) is 0 Å². The number of hydrogen-bond acceptors (Lipinski definition) is 3. The molecule has 1 rings (SSSR count). The van der Waals surface area contributed by atoms with Gasteiger partial charge in [-0.05, 0) is 12.8 Å². The highest BCUT2D eigenvalue weighted by atomic mass is 16.1. The fourth-order valence-electron chi connectivity index (χ4n) is 1.54. The summed E-state index contributed by atoms with van der Waals surface area (Å²) >= 11 is 0. The minimum Gasteiger partial charge on any atom is -0.321 e. The van der Waals surface area contributed by atoms with Crippen molar-refractivity contribution in [3.8, 4) is 0 Å². The van der Waals surface area contributed by atoms with E-state index in [2.05, 4.69) is 23.8 Å². The van der Waals surface area contributed by atoms with Crippen LogP contribution in [0.2, 0.25) is 0 Å². The predicted octanol–water partition coefficient (Wildman–Crippen LogP) is 1.52. The number of aromatic amines is 1. The fraction of sp³-hybridized carbons (Fsp3) is 0.636. The first-order valence-electron chi connectivity index (χ1n) is 5.53. The normalized spacial score (nSPS) is 12.7. The van der Waals surface area contributed by atoms with Gasteiger partial charge in [0.05, 0.1) is 6.04 Å². The molecule has 1 unspecified atom stereocenters. The van der Waals surface area contributed by atoms with Gasteiger partial charge >= 0.3 is 0 Å². The molecule has 0 aromatic carbocycles. The molecule has 0 saturated heterocycles. The minimum atomic E-state index is -0.153. The molecule has 0 saturated carbocycles. The molecule has 0 bridgehead atoms. The van der Waals surface area contributed by atoms with E-state index in [9.17, 15) is 4.79 Å². The predicted molar refractivity (Wildman–Crippen MR) is 60.7 cm³/mol. The first kappa shape index (κ1) is 11.9. The standard InChI is InChI=1S/C11H19N3O/c1-3-5-8-7-10(15)14-11(13-8)9(12)6-4-2/h7,9H,3-6,12H2,1-2H3,(H,13,14,15). The molecule has 0 aliphatic heterocycles. The first-order valence-corrected chi connectivity index (χ1v) is 5.53. The first-order chi connectivity index (χ1) is 7.17. The Morgan fingerprint density at radius 2 is 2.20 bits per heavy atom. The largest absolute Gasteiger partial charge is 0.321 e. The molecule has 84 valence electrons. The molecule has 0 aliphatic carbocycles. The van der Waals surface area contributed by atoms with Crippen LogP contribution in [-0.4, -0.2) is 9.97 Å². The van der Waals surface area contributed by atoms with E-state index in [-0.39, 0.29) is 11.6 Å². The van der Waals surface area contributed by atoms with Crippen molar-refractivity contribution in [2.45, 2.75) is 45.6 Å². The summed E-state index contributed by atoms with van der Waals surface area (Å²) in [6.45, 7) is 4.13. The zero-order valence-electron chi connectivity index (χ0n) is 9.42. The number of nitrogens with zero attached hydrogens (tertiary/aromatic N) is 1. The summed E-state index contributed by atoms with van der Waals surface area (Å²) in [6.07, 6.45) is 3.65. The number of aromatic nitrogens is 2. The van der Waals surface area contributed by atoms with Crippen molar-refractivity contribution in [1.82, 2.24) is 9.97 Å². The van der Waals surface area contributed by atoms with Crippen molar-refractivity contribution < 1.29 is 0 Å². The quantitative estimate of drug-likeness (QED) is 0.772. The third-order valence-electron chi connectivity index (χ3n) is 2.27. The molecule has 1 aromatic rings. The Morgan fingerprint density at radius 3 is 2.80 bits per heavy atom. The number of H-pyrrole nitrogens is 1. The average Bonchev–Trinajstić information content (AvgIpc) is 2.17. The van der Waals surface area contributed by atoms with Gasteiger partial charge < -0.3 is 10.7 Å². The minimum absolute atomic E-state index is 0.102. The highest BCUT2D eigenvalue weighted by Gasteiger charge is 2.08. The van der Waals surface area contributed by atoms with Crippen LogP contribution in [0.4, 0.5) is 0 Å². The van der Waals surface area contributed by atoms with Crippen LogP contribution in [-0.2, 0) is 6.42 Å². The molecular weight excluding hydrogens is 190 g/mol. The van der Waals surface area contributed by atoms with Crippen LogP contribution in [0.1, 0.15) is 50.7 Å². The van der Waals surface area contributed by atoms with Gasteiger partial charge in [-0.2, -0.15) is 0 Å². The summed E-state index contributed by atoms with van der Waals surface area (Å²) in [5, 5.41) is 0. The van der Waals surface area contributed by atoms with Gasteiger partial charge in [0.15, 0.2) is 0 Å². The zero-order chi connectivity index (χ0) is 11.3. The van der Waals surface area contributed by atoms with Crippen LogP contribution in [0.25, 0.3) is 0 Å². The average molecular weight is 209 g/mol. The molecule has 0 spiro atoms. The Bertz CT molecular complexity index is 359. The zero-order valence-corrected chi connectivity index (χ0v) is 9.42. The Labute approximate surface area is 89.9 Å². The Kier molecular flexibility index (Phi) is 4.49. The van der Waals surface area contributed by atoms with E-state index in [0.29, 0.717) is 5.82 Å². The summed E-state index contributed by atoms with van der Waals surface area (Å²) in [7, 11) is 0. The molecule has 0 amide bonds. The fourth-order valence-corrected chi connectivity index (χ4v) is 1.54. The van der Waals surface area contributed by atoms with Gasteiger partial charge in [-0.25, -0.2) is 4.98 Å². The topological polar surface area (TPSA) is 71.8 Å². The Hall–Kier alpha value is -1.16. The number of nitrogens with one attached hydrogen (secondary N) is 1. The highest BCUT2D eigenvalue weighted by molar-refractivity contribution is 5.05. The number of nitrogens with two attached hydrogens (primary N) is 1. The van der Waals surface area contributed by atoms with Gasteiger partial charge in [0.1, 0.15) is 5.82 Å². The van der Waals surface area contributed by atoms with Crippen molar-refractivity contribution in [3.05, 3.63) is 27.9 Å². The smallest absolute Gasteiger partial charge is 0.251 e. The second-order valence-corrected chi connectivity index (χ2v) is 3.77. The molecule has 0 aliphatic rings. The van der Waals surface area contributed by atoms with Crippen LogP contribution < -0.4 is 11.3 Å². The van der Waals surface area contributed by atoms with Crippen LogP contribution in [0.15, 0.2) is 10.9 Å². The van der Waals surface area contributed by atoms with Crippen LogP contribution in [0.3, 0.4) is 0 Å². The van der Waals surface area contributed by atoms with Crippen molar-refractivity contribution >= 4 is 0 Å². The van der Waals surface area contributed by atoms with Crippen LogP contribution in [0, 0.1) is 0 Å². The van der Waals surface area contributed by atoms with E-state index in [1.807, 2.05) is 0 Å². The lowest BCUT2D eigenvalue weighted by molar-refractivity contribution is 0.594. The van der Waals surface area contributed by atoms with Gasteiger partial charge in [0.2, 0.25) is 0 Å². The van der Waals surface area contributed by atoms with E-state index < -0.39 is 0 Å². The second kappa shape index (κ2) is 5.66. The summed E-state index contributed by atoms with van der Waals surface area (Å²) in [6, 6.07) is 1.39. The summed E-state index contributed by atoms with van der Waals surface area (Å²) in [5.74, 6) is 0.618. The second-order valence-electron chi connectivity index (χ2n) is 3.77. The van der Waals surface area contributed by atoms with Gasteiger partial charge in [0.25, 0.3) is 5.56 Å². The maximum atomic E-state index is 11.3. The lowest BCUT2D eigenvalue weighted by Gasteiger charge is -2.10. The van der Waals surface area contributed by atoms with Crippen LogP contribution >= 0.6 is 0 Å². The van der Waals surface area contributed by atoms with Gasteiger partial charge in [-0.1, -0.05) is 26.7 Å². The maximum absolute atomic E-state index is 11.3. The maximum Gasteiger partial charge on any atom is 0.251 e. The molecule has 1 aromatic heterocycles. The SMILES string of the molecule is CCCc1cc(=O)[nH]c(C(N)CCC)n1. The summed E-state index contributed by atoms with van der Waals surface area (Å²) in [5.41, 5.74) is 6.64. The molecule has 15 heavy (non-hydrogen) atoms. The van der Waals surface area contributed by atoms with Gasteiger partial charge in [-0.3, -0.25) is 4.79 Å². The van der Waals surface area contributed by atoms with E-state index in [4.69, 9.17) is 5.73 Å². The van der Waals surface area contributed by atoms with Crippen molar-refractivity contribution in [3.63, 3.8) is 0 Å². The highest BCUT2D eigenvalue weighted by Crippen LogP contribution is 2.10. The molecule has 1 heterocycles. The third-order valence-corrected chi connectivity index (χ3v) is 2.27. The van der Waals surface area contributed by atoms with Crippen molar-refractivity contribution in [2.24, 2.45) is 5.73 Å². The summed E-state index contributed by atoms with van der Waals surface area (Å²) in [4.78, 5) is 18.4. The van der Waals surface area contributed by atoms with E-state index in [0.717, 1.165) is 31.4 Å². The number of rotatable bonds is 5. The lowest BCUT2D eigenvalue weighted by atomic mass is 10.1. The van der Waals surface area contributed by atoms with Crippen LogP contribution in [0.5, 0.6) is 0 Å². The molecule has 4 heteroatoms. The lowest BCUT2D eigenvalue weighted by Crippen LogP contribution is -2.20. The monoisotopic (exact) mass is 209 g/mol.